The molecule has 18 heavy (non-hydrogen) atoms. The van der Waals surface area contributed by atoms with Crippen molar-refractivity contribution in [3.63, 3.8) is 0 Å². The number of quaternary nitrogens is 1. The average molecular weight is 260 g/mol. The van der Waals surface area contributed by atoms with Crippen molar-refractivity contribution in [3.05, 3.63) is 0 Å². The molecule has 0 radical (unpaired) electrons. The zero-order valence-electron chi connectivity index (χ0n) is 11.8. The van der Waals surface area contributed by atoms with Gasteiger partial charge in [0.15, 0.2) is 0 Å². The maximum Gasteiger partial charge on any atom is 0.305 e. The van der Waals surface area contributed by atoms with Crippen molar-refractivity contribution < 1.29 is 23.9 Å². The van der Waals surface area contributed by atoms with E-state index in [-0.39, 0.29) is 12.4 Å². The highest BCUT2D eigenvalue weighted by Gasteiger charge is 2.15. The van der Waals surface area contributed by atoms with Crippen molar-refractivity contribution in [2.45, 2.75) is 39.0 Å². The summed E-state index contributed by atoms with van der Waals surface area (Å²) < 4.78 is 5.85. The fourth-order valence-electron chi connectivity index (χ4n) is 1.61. The number of aliphatic carboxylic acids is 1. The van der Waals surface area contributed by atoms with Gasteiger partial charge in [-0.05, 0) is 19.3 Å². The molecule has 0 aromatic carbocycles. The van der Waals surface area contributed by atoms with Crippen LogP contribution in [0.3, 0.4) is 0 Å². The second kappa shape index (κ2) is 8.91. The number of ether oxygens (including phenoxy) is 1. The number of carboxylic acids is 1. The van der Waals surface area contributed by atoms with Gasteiger partial charge in [0.05, 0.1) is 20.6 Å². The fourth-order valence-corrected chi connectivity index (χ4v) is 1.61. The first kappa shape index (κ1) is 16.9. The summed E-state index contributed by atoms with van der Waals surface area (Å²) >= 11 is 0. The topological polar surface area (TPSA) is 63.6 Å². The number of unbranched alkanes of at least 4 members (excludes halogenated alkanes) is 2. The first-order valence-electron chi connectivity index (χ1n) is 6.57. The lowest BCUT2D eigenvalue weighted by Gasteiger charge is -2.29. The van der Waals surface area contributed by atoms with Gasteiger partial charge >= 0.3 is 11.9 Å². The van der Waals surface area contributed by atoms with E-state index in [1.54, 1.807) is 6.92 Å². The van der Waals surface area contributed by atoms with Crippen LogP contribution in [0.25, 0.3) is 0 Å². The minimum absolute atomic E-state index is 0.156. The highest BCUT2D eigenvalue weighted by Crippen LogP contribution is 2.05. The van der Waals surface area contributed by atoms with E-state index >= 15 is 0 Å². The number of carbonyl (C=O) groups is 2. The summed E-state index contributed by atoms with van der Waals surface area (Å²) in [7, 11) is 4.19. The number of likely N-dealkylation sites (N-methyl/N-ethyl adjacent to an activating group) is 1. The van der Waals surface area contributed by atoms with Crippen molar-refractivity contribution >= 4 is 11.9 Å². The van der Waals surface area contributed by atoms with Gasteiger partial charge in [0, 0.05) is 12.8 Å². The van der Waals surface area contributed by atoms with Crippen LogP contribution in [-0.4, -0.2) is 55.3 Å². The number of carbonyl (C=O) groups excluding carboxylic acids is 1. The molecule has 0 aromatic heterocycles. The quantitative estimate of drug-likeness (QED) is 0.368. The molecule has 0 unspecified atom stereocenters. The Balaban J connectivity index is 3.60. The van der Waals surface area contributed by atoms with Gasteiger partial charge in [-0.1, -0.05) is 6.92 Å². The van der Waals surface area contributed by atoms with Crippen molar-refractivity contribution in [1.29, 1.82) is 0 Å². The summed E-state index contributed by atoms with van der Waals surface area (Å²) in [4.78, 5) is 21.3. The van der Waals surface area contributed by atoms with Crippen molar-refractivity contribution in [3.8, 4) is 0 Å². The number of hydrogen-bond acceptors (Lipinski definition) is 3. The smallest absolute Gasteiger partial charge is 0.305 e. The summed E-state index contributed by atoms with van der Waals surface area (Å²) in [6, 6.07) is 0. The fraction of sp³-hybridized carbons (Fsp3) is 0.846. The number of nitrogens with zero attached hydrogens (tertiary/aromatic N) is 1. The minimum Gasteiger partial charge on any atom is -0.481 e. The largest absolute Gasteiger partial charge is 0.481 e. The molecule has 0 bridgehead atoms. The SMILES string of the molecule is CCC(=O)OCC[N+](C)(C)CCCCCC(=O)O. The van der Waals surface area contributed by atoms with E-state index in [4.69, 9.17) is 9.84 Å². The lowest BCUT2D eigenvalue weighted by Crippen LogP contribution is -2.43. The summed E-state index contributed by atoms with van der Waals surface area (Å²) in [5.41, 5.74) is 0. The van der Waals surface area contributed by atoms with Crippen LogP contribution in [0.4, 0.5) is 0 Å². The number of hydrogen-bond donors (Lipinski definition) is 1. The molecular weight excluding hydrogens is 234 g/mol. The van der Waals surface area contributed by atoms with E-state index < -0.39 is 5.97 Å². The molecule has 0 aromatic rings. The van der Waals surface area contributed by atoms with Gasteiger partial charge < -0.3 is 14.3 Å². The van der Waals surface area contributed by atoms with E-state index in [9.17, 15) is 9.59 Å². The van der Waals surface area contributed by atoms with Gasteiger partial charge in [-0.2, -0.15) is 0 Å². The highest BCUT2D eigenvalue weighted by atomic mass is 16.5. The zero-order chi connectivity index (χ0) is 14.0. The normalized spacial score (nSPS) is 11.3. The molecule has 0 fully saturated rings. The van der Waals surface area contributed by atoms with Crippen molar-refractivity contribution in [2.75, 3.05) is 33.8 Å². The van der Waals surface area contributed by atoms with Crippen LogP contribution in [0, 0.1) is 0 Å². The van der Waals surface area contributed by atoms with Gasteiger partial charge in [-0.25, -0.2) is 0 Å². The van der Waals surface area contributed by atoms with Crippen LogP contribution in [0.15, 0.2) is 0 Å². The first-order chi connectivity index (χ1) is 8.37. The number of rotatable bonds is 10. The molecule has 0 spiro atoms. The molecule has 0 aliphatic carbocycles. The third kappa shape index (κ3) is 10.1. The van der Waals surface area contributed by atoms with Crippen LogP contribution < -0.4 is 0 Å². The standard InChI is InChI=1S/C13H25NO4/c1-4-13(17)18-11-10-14(2,3)9-7-5-6-8-12(15)16/h4-11H2,1-3H3/p+1. The highest BCUT2D eigenvalue weighted by molar-refractivity contribution is 5.68. The van der Waals surface area contributed by atoms with Gasteiger partial charge in [0.2, 0.25) is 0 Å². The summed E-state index contributed by atoms with van der Waals surface area (Å²) in [6.07, 6.45) is 3.34. The molecule has 0 aliphatic rings. The third-order valence-electron chi connectivity index (χ3n) is 2.90. The summed E-state index contributed by atoms with van der Waals surface area (Å²) in [6.45, 7) is 4.01. The van der Waals surface area contributed by atoms with E-state index in [2.05, 4.69) is 14.1 Å². The maximum absolute atomic E-state index is 11.0. The Labute approximate surface area is 109 Å². The Morgan fingerprint density at radius 2 is 1.78 bits per heavy atom. The molecule has 0 aliphatic heterocycles. The Bertz CT molecular complexity index is 264. The Morgan fingerprint density at radius 1 is 1.11 bits per heavy atom. The van der Waals surface area contributed by atoms with Gasteiger partial charge in [0.25, 0.3) is 0 Å². The molecule has 0 rings (SSSR count). The maximum atomic E-state index is 11.0. The number of esters is 1. The Kier molecular flexibility index (Phi) is 8.37. The summed E-state index contributed by atoms with van der Waals surface area (Å²) in [5, 5.41) is 8.51. The van der Waals surface area contributed by atoms with Crippen LogP contribution in [0.2, 0.25) is 0 Å². The predicted molar refractivity (Wildman–Crippen MR) is 69.2 cm³/mol. The minimum atomic E-state index is -0.727. The lowest BCUT2D eigenvalue weighted by molar-refractivity contribution is -0.890. The van der Waals surface area contributed by atoms with Crippen molar-refractivity contribution in [2.24, 2.45) is 0 Å². The Hall–Kier alpha value is -1.10. The molecule has 0 heterocycles. The van der Waals surface area contributed by atoms with Gasteiger partial charge in [-0.15, -0.1) is 0 Å². The summed E-state index contributed by atoms with van der Waals surface area (Å²) in [5.74, 6) is -0.883. The van der Waals surface area contributed by atoms with E-state index in [0.717, 1.165) is 36.8 Å². The number of carboxylic acid groups (broad SMARTS) is 1. The van der Waals surface area contributed by atoms with E-state index in [1.807, 2.05) is 0 Å². The second-order valence-corrected chi connectivity index (χ2v) is 5.16. The molecule has 5 nitrogen and oxygen atoms in total. The van der Waals surface area contributed by atoms with Crippen molar-refractivity contribution in [1.82, 2.24) is 0 Å². The zero-order valence-corrected chi connectivity index (χ0v) is 11.8. The second-order valence-electron chi connectivity index (χ2n) is 5.16. The molecule has 106 valence electrons. The van der Waals surface area contributed by atoms with E-state index in [1.165, 1.54) is 0 Å². The molecule has 1 N–H and O–H groups in total. The van der Waals surface area contributed by atoms with Gasteiger partial charge in [-0.3, -0.25) is 9.59 Å². The lowest BCUT2D eigenvalue weighted by atomic mass is 10.2. The molecular formula is C13H26NO4+. The van der Waals surface area contributed by atoms with Crippen LogP contribution >= 0.6 is 0 Å². The molecule has 0 saturated carbocycles. The molecule has 0 saturated heterocycles. The Morgan fingerprint density at radius 3 is 2.33 bits per heavy atom. The monoisotopic (exact) mass is 260 g/mol. The van der Waals surface area contributed by atoms with Crippen LogP contribution in [0.5, 0.6) is 0 Å². The van der Waals surface area contributed by atoms with E-state index in [0.29, 0.717) is 13.0 Å². The average Bonchev–Trinajstić information content (AvgIpc) is 2.27. The van der Waals surface area contributed by atoms with Crippen LogP contribution in [-0.2, 0) is 14.3 Å². The molecule has 0 amide bonds. The molecule has 0 atom stereocenters. The molecule has 5 heteroatoms. The third-order valence-corrected chi connectivity index (χ3v) is 2.90. The van der Waals surface area contributed by atoms with Crippen LogP contribution in [0.1, 0.15) is 39.0 Å². The predicted octanol–water partition coefficient (Wildman–Crippen LogP) is 1.66. The first-order valence-corrected chi connectivity index (χ1v) is 6.57. The van der Waals surface area contributed by atoms with Gasteiger partial charge in [0.1, 0.15) is 13.2 Å².